The van der Waals surface area contributed by atoms with Crippen molar-refractivity contribution >= 4 is 32.9 Å². The van der Waals surface area contributed by atoms with Crippen LogP contribution < -0.4 is 5.63 Å². The van der Waals surface area contributed by atoms with Crippen molar-refractivity contribution in [1.82, 2.24) is 0 Å². The van der Waals surface area contributed by atoms with E-state index in [0.29, 0.717) is 21.0 Å². The summed E-state index contributed by atoms with van der Waals surface area (Å²) in [5.74, 6) is -0.849. The van der Waals surface area contributed by atoms with Crippen LogP contribution in [0.25, 0.3) is 11.0 Å². The summed E-state index contributed by atoms with van der Waals surface area (Å²) in [5, 5.41) is 10.5. The van der Waals surface area contributed by atoms with Gasteiger partial charge < -0.3 is 14.3 Å². The van der Waals surface area contributed by atoms with Crippen LogP contribution in [0, 0.1) is 6.92 Å². The molecule has 0 atom stereocenters. The molecule has 122 valence electrons. The lowest BCUT2D eigenvalue weighted by molar-refractivity contribution is 0.0470. The first-order valence-electron chi connectivity index (χ1n) is 7.13. The van der Waals surface area contributed by atoms with E-state index in [9.17, 15) is 14.7 Å². The summed E-state index contributed by atoms with van der Waals surface area (Å²) >= 11 is 3.24. The highest BCUT2D eigenvalue weighted by atomic mass is 79.9. The number of ether oxygens (including phenoxy) is 1. The molecule has 24 heavy (non-hydrogen) atoms. The Hall–Kier alpha value is -2.60. The molecule has 0 aliphatic heterocycles. The first-order valence-corrected chi connectivity index (χ1v) is 7.92. The van der Waals surface area contributed by atoms with Crippen LogP contribution in [-0.4, -0.2) is 11.1 Å². The Kier molecular flexibility index (Phi) is 4.40. The molecule has 1 heterocycles. The molecule has 0 saturated heterocycles. The van der Waals surface area contributed by atoms with Gasteiger partial charge in [-0.3, -0.25) is 0 Å². The second-order valence-corrected chi connectivity index (χ2v) is 6.24. The van der Waals surface area contributed by atoms with E-state index < -0.39 is 11.6 Å². The molecule has 5 nitrogen and oxygen atoms in total. The number of benzene rings is 2. The number of esters is 1. The summed E-state index contributed by atoms with van der Waals surface area (Å²) in [4.78, 5) is 23.8. The highest BCUT2D eigenvalue weighted by Crippen LogP contribution is 2.24. The zero-order valence-corrected chi connectivity index (χ0v) is 14.3. The number of phenolic OH excluding ortho intramolecular Hbond substituents is 1. The Morgan fingerprint density at radius 1 is 1.21 bits per heavy atom. The Balaban J connectivity index is 1.89. The number of halogens is 1. The fraction of sp³-hybridized carbons (Fsp3) is 0.111. The number of carbonyl (C=O) groups excluding carboxylic acids is 1. The maximum absolute atomic E-state index is 12.2. The number of hydrogen-bond acceptors (Lipinski definition) is 5. The average Bonchev–Trinajstić information content (AvgIpc) is 2.54. The van der Waals surface area contributed by atoms with Crippen molar-refractivity contribution in [2.45, 2.75) is 13.5 Å². The maximum Gasteiger partial charge on any atom is 0.342 e. The highest BCUT2D eigenvalue weighted by Gasteiger charge is 2.15. The molecule has 0 bridgehead atoms. The van der Waals surface area contributed by atoms with Crippen LogP contribution >= 0.6 is 15.9 Å². The minimum atomic E-state index is -0.678. The van der Waals surface area contributed by atoms with Gasteiger partial charge in [0.25, 0.3) is 0 Å². The third-order valence-corrected chi connectivity index (χ3v) is 4.02. The first kappa shape index (κ1) is 16.3. The van der Waals surface area contributed by atoms with E-state index in [-0.39, 0.29) is 17.9 Å². The van der Waals surface area contributed by atoms with Gasteiger partial charge in [0.05, 0.1) is 0 Å². The van der Waals surface area contributed by atoms with E-state index in [4.69, 9.17) is 9.15 Å². The van der Waals surface area contributed by atoms with Gasteiger partial charge in [-0.15, -0.1) is 0 Å². The average molecular weight is 389 g/mol. The van der Waals surface area contributed by atoms with Crippen LogP contribution in [0.5, 0.6) is 5.75 Å². The van der Waals surface area contributed by atoms with Gasteiger partial charge in [0, 0.05) is 21.5 Å². The van der Waals surface area contributed by atoms with Crippen LogP contribution in [0.4, 0.5) is 0 Å². The van der Waals surface area contributed by atoms with Crippen LogP contribution in [0.2, 0.25) is 0 Å². The van der Waals surface area contributed by atoms with Crippen molar-refractivity contribution in [3.05, 3.63) is 74.0 Å². The smallest absolute Gasteiger partial charge is 0.342 e. The van der Waals surface area contributed by atoms with Gasteiger partial charge in [0.15, 0.2) is 0 Å². The fourth-order valence-electron chi connectivity index (χ4n) is 2.35. The Labute approximate surface area is 145 Å². The normalized spacial score (nSPS) is 10.8. The summed E-state index contributed by atoms with van der Waals surface area (Å²) in [5.41, 5.74) is 1.48. The molecule has 0 amide bonds. The molecule has 3 aromatic rings. The van der Waals surface area contributed by atoms with Crippen molar-refractivity contribution in [3.63, 3.8) is 0 Å². The van der Waals surface area contributed by atoms with Crippen LogP contribution in [0.3, 0.4) is 0 Å². The quantitative estimate of drug-likeness (QED) is 0.543. The lowest BCUT2D eigenvalue weighted by Gasteiger charge is -2.09. The van der Waals surface area contributed by atoms with Crippen LogP contribution in [0.15, 0.2) is 56.1 Å². The van der Waals surface area contributed by atoms with E-state index >= 15 is 0 Å². The van der Waals surface area contributed by atoms with Crippen molar-refractivity contribution in [3.8, 4) is 5.75 Å². The number of fused-ring (bicyclic) bond motifs is 1. The minimum absolute atomic E-state index is 0.0486. The third kappa shape index (κ3) is 3.33. The molecule has 0 aliphatic carbocycles. The summed E-state index contributed by atoms with van der Waals surface area (Å²) in [6.07, 6.45) is 0. The molecule has 0 saturated carbocycles. The zero-order chi connectivity index (χ0) is 17.3. The number of aromatic hydroxyl groups is 1. The minimum Gasteiger partial charge on any atom is -0.507 e. The summed E-state index contributed by atoms with van der Waals surface area (Å²) in [7, 11) is 0. The van der Waals surface area contributed by atoms with Gasteiger partial charge in [-0.05, 0) is 36.8 Å². The van der Waals surface area contributed by atoms with E-state index in [1.165, 1.54) is 18.2 Å². The second-order valence-electron chi connectivity index (χ2n) is 5.33. The molecule has 0 fully saturated rings. The molecule has 2 aromatic carbocycles. The van der Waals surface area contributed by atoms with Crippen molar-refractivity contribution in [2.24, 2.45) is 0 Å². The molecule has 0 unspecified atom stereocenters. The number of hydrogen-bond donors (Lipinski definition) is 1. The van der Waals surface area contributed by atoms with E-state index in [1.807, 2.05) is 19.1 Å². The summed E-state index contributed by atoms with van der Waals surface area (Å²) in [6.45, 7) is 1.79. The van der Waals surface area contributed by atoms with Gasteiger partial charge in [0.1, 0.15) is 23.5 Å². The van der Waals surface area contributed by atoms with Gasteiger partial charge in [-0.1, -0.05) is 28.1 Å². The highest BCUT2D eigenvalue weighted by molar-refractivity contribution is 9.10. The molecule has 0 radical (unpaired) electrons. The monoisotopic (exact) mass is 388 g/mol. The van der Waals surface area contributed by atoms with Gasteiger partial charge >= 0.3 is 11.6 Å². The van der Waals surface area contributed by atoms with Crippen molar-refractivity contribution in [2.75, 3.05) is 0 Å². The Bertz CT molecular complexity index is 990. The molecule has 1 aromatic heterocycles. The molecule has 0 spiro atoms. The summed E-state index contributed by atoms with van der Waals surface area (Å²) < 4.78 is 11.1. The molecule has 3 rings (SSSR count). The van der Waals surface area contributed by atoms with Gasteiger partial charge in [-0.2, -0.15) is 0 Å². The third-order valence-electron chi connectivity index (χ3n) is 3.52. The summed E-state index contributed by atoms with van der Waals surface area (Å²) in [6, 6.07) is 11.2. The standard InChI is InChI=1S/C18H13BrO5/c1-10-2-4-13-11(7-17(21)24-16(13)6-10)9-23-18(22)14-8-12(19)3-5-15(14)20/h2-8,20H,9H2,1H3. The number of carbonyl (C=O) groups is 1. The lowest BCUT2D eigenvalue weighted by Crippen LogP contribution is -2.08. The predicted octanol–water partition coefficient (Wildman–Crippen LogP) is 3.93. The van der Waals surface area contributed by atoms with Crippen LogP contribution in [0.1, 0.15) is 21.5 Å². The second kappa shape index (κ2) is 6.49. The topological polar surface area (TPSA) is 76.7 Å². The molecular formula is C18H13BrO5. The SMILES string of the molecule is Cc1ccc2c(COC(=O)c3cc(Br)ccc3O)cc(=O)oc2c1. The van der Waals surface area contributed by atoms with E-state index in [1.54, 1.807) is 12.1 Å². The van der Waals surface area contributed by atoms with E-state index in [2.05, 4.69) is 15.9 Å². The molecular weight excluding hydrogens is 376 g/mol. The molecule has 6 heteroatoms. The number of aryl methyl sites for hydroxylation is 1. The number of phenols is 1. The Morgan fingerprint density at radius 2 is 2.00 bits per heavy atom. The zero-order valence-electron chi connectivity index (χ0n) is 12.7. The van der Waals surface area contributed by atoms with Gasteiger partial charge in [0.2, 0.25) is 0 Å². The van der Waals surface area contributed by atoms with E-state index in [0.717, 1.165) is 5.56 Å². The lowest BCUT2D eigenvalue weighted by atomic mass is 10.1. The maximum atomic E-state index is 12.2. The van der Waals surface area contributed by atoms with Crippen molar-refractivity contribution in [1.29, 1.82) is 0 Å². The number of rotatable bonds is 3. The Morgan fingerprint density at radius 3 is 2.79 bits per heavy atom. The molecule has 1 N–H and O–H groups in total. The van der Waals surface area contributed by atoms with Gasteiger partial charge in [-0.25, -0.2) is 9.59 Å². The first-order chi connectivity index (χ1) is 11.4. The molecule has 0 aliphatic rings. The van der Waals surface area contributed by atoms with Crippen LogP contribution in [-0.2, 0) is 11.3 Å². The fourth-order valence-corrected chi connectivity index (χ4v) is 2.71. The predicted molar refractivity (Wildman–Crippen MR) is 92.1 cm³/mol. The van der Waals surface area contributed by atoms with Crippen molar-refractivity contribution < 1.29 is 19.1 Å². The largest absolute Gasteiger partial charge is 0.507 e.